The molecular weight excluding hydrogens is 228 g/mol. The first-order chi connectivity index (χ1) is 7.52. The fourth-order valence-corrected chi connectivity index (χ4v) is 1.84. The van der Waals surface area contributed by atoms with Crippen LogP contribution < -0.4 is 5.32 Å². The zero-order valence-corrected chi connectivity index (χ0v) is 10.0. The van der Waals surface area contributed by atoms with Crippen molar-refractivity contribution in [3.63, 3.8) is 0 Å². The molecule has 6 heteroatoms. The lowest BCUT2D eigenvalue weighted by Crippen LogP contribution is -2.26. The van der Waals surface area contributed by atoms with Gasteiger partial charge in [0.25, 0.3) is 5.91 Å². The number of aromatic nitrogens is 1. The van der Waals surface area contributed by atoms with Crippen molar-refractivity contribution >= 4 is 23.2 Å². The molecule has 0 aromatic carbocycles. The molecule has 1 unspecified atom stereocenters. The van der Waals surface area contributed by atoms with Crippen LogP contribution in [0, 0.1) is 12.8 Å². The lowest BCUT2D eigenvalue weighted by Gasteiger charge is -2.07. The Morgan fingerprint density at radius 2 is 2.31 bits per heavy atom. The fourth-order valence-electron chi connectivity index (χ4n) is 1.13. The third kappa shape index (κ3) is 3.30. The molecule has 88 valence electrons. The summed E-state index contributed by atoms with van der Waals surface area (Å²) in [5, 5.41) is 11.3. The van der Waals surface area contributed by atoms with E-state index in [0.717, 1.165) is 0 Å². The van der Waals surface area contributed by atoms with E-state index in [1.54, 1.807) is 19.4 Å². The SMILES string of the molecule is Cc1ncsc1C(=O)NCCC(C)C(=O)O. The number of aliphatic carboxylic acids is 1. The Morgan fingerprint density at radius 3 is 2.81 bits per heavy atom. The summed E-state index contributed by atoms with van der Waals surface area (Å²) >= 11 is 1.28. The first kappa shape index (κ1) is 12.6. The van der Waals surface area contributed by atoms with Crippen molar-refractivity contribution in [2.24, 2.45) is 5.92 Å². The molecule has 1 aromatic rings. The maximum atomic E-state index is 11.6. The van der Waals surface area contributed by atoms with Gasteiger partial charge in [-0.2, -0.15) is 0 Å². The zero-order chi connectivity index (χ0) is 12.1. The zero-order valence-electron chi connectivity index (χ0n) is 9.19. The lowest BCUT2D eigenvalue weighted by molar-refractivity contribution is -0.141. The fraction of sp³-hybridized carbons (Fsp3) is 0.500. The highest BCUT2D eigenvalue weighted by atomic mass is 32.1. The van der Waals surface area contributed by atoms with Gasteiger partial charge in [0.05, 0.1) is 17.1 Å². The molecule has 5 nitrogen and oxygen atoms in total. The monoisotopic (exact) mass is 242 g/mol. The van der Waals surface area contributed by atoms with E-state index >= 15 is 0 Å². The van der Waals surface area contributed by atoms with Crippen LogP contribution in [0.4, 0.5) is 0 Å². The summed E-state index contributed by atoms with van der Waals surface area (Å²) in [6.45, 7) is 3.75. The highest BCUT2D eigenvalue weighted by molar-refractivity contribution is 7.11. The minimum absolute atomic E-state index is 0.183. The van der Waals surface area contributed by atoms with Gasteiger partial charge in [0, 0.05) is 6.54 Å². The van der Waals surface area contributed by atoms with Crippen LogP contribution in [0.2, 0.25) is 0 Å². The molecule has 0 spiro atoms. The highest BCUT2D eigenvalue weighted by Gasteiger charge is 2.13. The molecule has 2 N–H and O–H groups in total. The van der Waals surface area contributed by atoms with E-state index < -0.39 is 11.9 Å². The number of carbonyl (C=O) groups is 2. The predicted octanol–water partition coefficient (Wildman–Crippen LogP) is 1.29. The Balaban J connectivity index is 2.37. The minimum Gasteiger partial charge on any atom is -0.481 e. The molecule has 0 aliphatic heterocycles. The van der Waals surface area contributed by atoms with E-state index in [4.69, 9.17) is 5.11 Å². The van der Waals surface area contributed by atoms with Crippen molar-refractivity contribution in [1.29, 1.82) is 0 Å². The lowest BCUT2D eigenvalue weighted by atomic mass is 10.1. The molecule has 0 aliphatic carbocycles. The third-order valence-corrected chi connectivity index (χ3v) is 3.16. The minimum atomic E-state index is -0.844. The Kier molecular flexibility index (Phi) is 4.42. The number of rotatable bonds is 5. The van der Waals surface area contributed by atoms with E-state index in [1.165, 1.54) is 11.3 Å². The molecule has 1 heterocycles. The molecule has 1 amide bonds. The largest absolute Gasteiger partial charge is 0.481 e. The molecule has 0 saturated carbocycles. The van der Waals surface area contributed by atoms with Crippen LogP contribution in [0.3, 0.4) is 0 Å². The van der Waals surface area contributed by atoms with Crippen LogP contribution >= 0.6 is 11.3 Å². The molecule has 0 saturated heterocycles. The molecule has 0 aliphatic rings. The van der Waals surface area contributed by atoms with Crippen molar-refractivity contribution in [3.05, 3.63) is 16.1 Å². The number of hydrogen-bond acceptors (Lipinski definition) is 4. The predicted molar refractivity (Wildman–Crippen MR) is 60.6 cm³/mol. The second-order valence-electron chi connectivity index (χ2n) is 3.55. The van der Waals surface area contributed by atoms with Gasteiger partial charge in [-0.1, -0.05) is 6.92 Å². The van der Waals surface area contributed by atoms with Crippen LogP contribution in [0.5, 0.6) is 0 Å². The molecule has 1 atom stereocenters. The molecular formula is C10H14N2O3S. The number of nitrogens with zero attached hydrogens (tertiary/aromatic N) is 1. The second kappa shape index (κ2) is 5.60. The quantitative estimate of drug-likeness (QED) is 0.815. The van der Waals surface area contributed by atoms with Crippen LogP contribution in [0.15, 0.2) is 5.51 Å². The van der Waals surface area contributed by atoms with E-state index in [0.29, 0.717) is 23.5 Å². The molecule has 0 fully saturated rings. The Hall–Kier alpha value is -1.43. The van der Waals surface area contributed by atoms with Crippen LogP contribution in [0.1, 0.15) is 28.7 Å². The average Bonchev–Trinajstić information content (AvgIpc) is 2.64. The number of carboxylic acids is 1. The van der Waals surface area contributed by atoms with Crippen LogP contribution in [0.25, 0.3) is 0 Å². The Bertz CT molecular complexity index is 389. The van der Waals surface area contributed by atoms with E-state index in [2.05, 4.69) is 10.3 Å². The second-order valence-corrected chi connectivity index (χ2v) is 4.41. The highest BCUT2D eigenvalue weighted by Crippen LogP contribution is 2.11. The van der Waals surface area contributed by atoms with Crippen molar-refractivity contribution in [2.75, 3.05) is 6.54 Å². The number of aryl methyl sites for hydroxylation is 1. The van der Waals surface area contributed by atoms with E-state index in [-0.39, 0.29) is 5.91 Å². The van der Waals surface area contributed by atoms with Gasteiger partial charge < -0.3 is 10.4 Å². The summed E-state index contributed by atoms with van der Waals surface area (Å²) in [5.41, 5.74) is 2.32. The standard InChI is InChI=1S/C10H14N2O3S/c1-6(10(14)15)3-4-11-9(13)8-7(2)12-5-16-8/h5-6H,3-4H2,1-2H3,(H,11,13)(H,14,15). The summed E-state index contributed by atoms with van der Waals surface area (Å²) in [6, 6.07) is 0. The molecule has 0 bridgehead atoms. The van der Waals surface area contributed by atoms with E-state index in [9.17, 15) is 9.59 Å². The first-order valence-electron chi connectivity index (χ1n) is 4.93. The van der Waals surface area contributed by atoms with Gasteiger partial charge >= 0.3 is 5.97 Å². The van der Waals surface area contributed by atoms with Crippen LogP contribution in [-0.2, 0) is 4.79 Å². The van der Waals surface area contributed by atoms with Gasteiger partial charge in [0.15, 0.2) is 0 Å². The maximum absolute atomic E-state index is 11.6. The van der Waals surface area contributed by atoms with Gasteiger partial charge in [-0.05, 0) is 13.3 Å². The van der Waals surface area contributed by atoms with Gasteiger partial charge in [-0.15, -0.1) is 11.3 Å². The molecule has 0 radical (unpaired) electrons. The maximum Gasteiger partial charge on any atom is 0.306 e. The Morgan fingerprint density at radius 1 is 1.62 bits per heavy atom. The molecule has 16 heavy (non-hydrogen) atoms. The van der Waals surface area contributed by atoms with Gasteiger partial charge in [-0.25, -0.2) is 4.98 Å². The summed E-state index contributed by atoms with van der Waals surface area (Å²) in [5.74, 6) is -1.47. The van der Waals surface area contributed by atoms with E-state index in [1.807, 2.05) is 0 Å². The van der Waals surface area contributed by atoms with Crippen molar-refractivity contribution in [2.45, 2.75) is 20.3 Å². The number of carbonyl (C=O) groups excluding carboxylic acids is 1. The number of amides is 1. The van der Waals surface area contributed by atoms with Gasteiger partial charge in [0.2, 0.25) is 0 Å². The molecule has 1 aromatic heterocycles. The van der Waals surface area contributed by atoms with Crippen LogP contribution in [-0.4, -0.2) is 28.5 Å². The number of hydrogen-bond donors (Lipinski definition) is 2. The third-order valence-electron chi connectivity index (χ3n) is 2.24. The topological polar surface area (TPSA) is 79.3 Å². The van der Waals surface area contributed by atoms with Crippen molar-refractivity contribution < 1.29 is 14.7 Å². The summed E-state index contributed by atoms with van der Waals surface area (Å²) in [7, 11) is 0. The van der Waals surface area contributed by atoms with Crippen molar-refractivity contribution in [1.82, 2.24) is 10.3 Å². The summed E-state index contributed by atoms with van der Waals surface area (Å²) < 4.78 is 0. The average molecular weight is 242 g/mol. The first-order valence-corrected chi connectivity index (χ1v) is 5.81. The number of nitrogens with one attached hydrogen (secondary N) is 1. The smallest absolute Gasteiger partial charge is 0.306 e. The molecule has 1 rings (SSSR count). The number of carboxylic acid groups (broad SMARTS) is 1. The van der Waals surface area contributed by atoms with Gasteiger partial charge in [-0.3, -0.25) is 9.59 Å². The summed E-state index contributed by atoms with van der Waals surface area (Å²) in [6.07, 6.45) is 0.429. The normalized spacial score (nSPS) is 12.1. The van der Waals surface area contributed by atoms with Gasteiger partial charge in [0.1, 0.15) is 4.88 Å². The number of thiazole rings is 1. The van der Waals surface area contributed by atoms with Crippen molar-refractivity contribution in [3.8, 4) is 0 Å². The summed E-state index contributed by atoms with van der Waals surface area (Å²) in [4.78, 5) is 26.7. The Labute approximate surface area is 97.5 Å².